The van der Waals surface area contributed by atoms with Gasteiger partial charge in [-0.1, -0.05) is 11.8 Å². The van der Waals surface area contributed by atoms with Crippen LogP contribution in [0.2, 0.25) is 0 Å². The largest absolute Gasteiger partial charge is 0.497 e. The summed E-state index contributed by atoms with van der Waals surface area (Å²) in [6.45, 7) is 3.48. The molecule has 0 unspecified atom stereocenters. The van der Waals surface area contributed by atoms with Crippen LogP contribution in [0.4, 0.5) is 5.13 Å². The molecule has 0 spiro atoms. The van der Waals surface area contributed by atoms with Gasteiger partial charge in [0.05, 0.1) is 25.2 Å². The van der Waals surface area contributed by atoms with E-state index in [0.29, 0.717) is 27.4 Å². The second-order valence-corrected chi connectivity index (χ2v) is 8.98. The molecule has 0 saturated heterocycles. The van der Waals surface area contributed by atoms with Crippen LogP contribution in [-0.4, -0.2) is 56.1 Å². The van der Waals surface area contributed by atoms with Gasteiger partial charge in [-0.15, -0.1) is 21.5 Å². The van der Waals surface area contributed by atoms with Crippen LogP contribution < -0.4 is 15.4 Å². The number of benzene rings is 1. The van der Waals surface area contributed by atoms with Gasteiger partial charge in [-0.3, -0.25) is 9.59 Å². The van der Waals surface area contributed by atoms with Crippen molar-refractivity contribution in [2.24, 2.45) is 7.05 Å². The molecule has 2 heterocycles. The van der Waals surface area contributed by atoms with E-state index >= 15 is 0 Å². The van der Waals surface area contributed by atoms with Gasteiger partial charge in [-0.05, 0) is 38.1 Å². The van der Waals surface area contributed by atoms with Crippen molar-refractivity contribution in [2.75, 3.05) is 24.8 Å². The Kier molecular flexibility index (Phi) is 7.83. The SMILES string of the molecule is COc1ccc(C(=O)N[C@@H](CO)c2nnc(SCC(=O)Nc3nc(C)c(C)s3)n2C)cc1. The van der Waals surface area contributed by atoms with Gasteiger partial charge in [-0.25, -0.2) is 4.98 Å². The quantitative estimate of drug-likeness (QED) is 0.400. The van der Waals surface area contributed by atoms with Crippen molar-refractivity contribution in [1.29, 1.82) is 0 Å². The van der Waals surface area contributed by atoms with E-state index in [4.69, 9.17) is 4.74 Å². The summed E-state index contributed by atoms with van der Waals surface area (Å²) in [6, 6.07) is 5.86. The second kappa shape index (κ2) is 10.6. The van der Waals surface area contributed by atoms with Crippen molar-refractivity contribution in [1.82, 2.24) is 25.1 Å². The Morgan fingerprint density at radius 3 is 2.56 bits per heavy atom. The smallest absolute Gasteiger partial charge is 0.251 e. The number of carbonyl (C=O) groups excluding carboxylic acids is 2. The molecule has 1 aromatic carbocycles. The predicted octanol–water partition coefficient (Wildman–Crippen LogP) is 2.09. The molecule has 2 amide bonds. The Labute approximate surface area is 193 Å². The van der Waals surface area contributed by atoms with Crippen molar-refractivity contribution in [3.63, 3.8) is 0 Å². The minimum absolute atomic E-state index is 0.117. The zero-order valence-electron chi connectivity index (χ0n) is 18.1. The lowest BCUT2D eigenvalue weighted by atomic mass is 10.2. The summed E-state index contributed by atoms with van der Waals surface area (Å²) in [7, 11) is 3.26. The lowest BCUT2D eigenvalue weighted by Crippen LogP contribution is -2.32. The normalized spacial score (nSPS) is 11.8. The number of aromatic nitrogens is 4. The molecule has 32 heavy (non-hydrogen) atoms. The minimum atomic E-state index is -0.758. The van der Waals surface area contributed by atoms with Crippen molar-refractivity contribution in [3.8, 4) is 5.75 Å². The van der Waals surface area contributed by atoms with Gasteiger partial charge >= 0.3 is 0 Å². The van der Waals surface area contributed by atoms with Crippen LogP contribution in [0.5, 0.6) is 5.75 Å². The fourth-order valence-corrected chi connectivity index (χ4v) is 4.29. The van der Waals surface area contributed by atoms with Crippen molar-refractivity contribution in [2.45, 2.75) is 25.0 Å². The third kappa shape index (κ3) is 5.64. The number of hydrogen-bond donors (Lipinski definition) is 3. The number of ether oxygens (including phenoxy) is 1. The molecule has 3 rings (SSSR count). The first kappa shape index (κ1) is 23.7. The van der Waals surface area contributed by atoms with Crippen LogP contribution in [0.1, 0.15) is 32.8 Å². The van der Waals surface area contributed by atoms with E-state index < -0.39 is 6.04 Å². The molecule has 1 atom stereocenters. The Morgan fingerprint density at radius 2 is 1.97 bits per heavy atom. The molecule has 2 aromatic heterocycles. The van der Waals surface area contributed by atoms with E-state index in [0.717, 1.165) is 10.6 Å². The molecule has 0 radical (unpaired) electrons. The van der Waals surface area contributed by atoms with Crippen LogP contribution in [0.25, 0.3) is 0 Å². The van der Waals surface area contributed by atoms with Crippen LogP contribution in [0.3, 0.4) is 0 Å². The third-order valence-corrected chi connectivity index (χ3v) is 6.64. The van der Waals surface area contributed by atoms with Crippen LogP contribution in [0, 0.1) is 13.8 Å². The number of nitrogens with one attached hydrogen (secondary N) is 2. The van der Waals surface area contributed by atoms with Crippen LogP contribution in [0.15, 0.2) is 29.4 Å². The maximum absolute atomic E-state index is 12.5. The monoisotopic (exact) mass is 476 g/mol. The Morgan fingerprint density at radius 1 is 1.25 bits per heavy atom. The summed E-state index contributed by atoms with van der Waals surface area (Å²) in [5, 5.41) is 24.6. The average molecular weight is 477 g/mol. The van der Waals surface area contributed by atoms with Crippen molar-refractivity contribution >= 4 is 40.0 Å². The fourth-order valence-electron chi connectivity index (χ4n) is 2.74. The first-order valence-electron chi connectivity index (χ1n) is 9.64. The zero-order chi connectivity index (χ0) is 23.3. The molecule has 0 fully saturated rings. The van der Waals surface area contributed by atoms with E-state index in [9.17, 15) is 14.7 Å². The maximum Gasteiger partial charge on any atom is 0.251 e. The number of aryl methyl sites for hydroxylation is 2. The summed E-state index contributed by atoms with van der Waals surface area (Å²) in [5.41, 5.74) is 1.31. The summed E-state index contributed by atoms with van der Waals surface area (Å²) < 4.78 is 6.73. The van der Waals surface area contributed by atoms with Gasteiger partial charge in [0, 0.05) is 17.5 Å². The predicted molar refractivity (Wildman–Crippen MR) is 122 cm³/mol. The van der Waals surface area contributed by atoms with Gasteiger partial charge < -0.3 is 25.0 Å². The van der Waals surface area contributed by atoms with Crippen molar-refractivity contribution < 1.29 is 19.4 Å². The van der Waals surface area contributed by atoms with E-state index in [1.165, 1.54) is 23.1 Å². The first-order valence-corrected chi connectivity index (χ1v) is 11.4. The highest BCUT2D eigenvalue weighted by molar-refractivity contribution is 7.99. The Balaban J connectivity index is 1.61. The van der Waals surface area contributed by atoms with Crippen LogP contribution >= 0.6 is 23.1 Å². The number of nitrogens with zero attached hydrogens (tertiary/aromatic N) is 4. The van der Waals surface area contributed by atoms with Crippen LogP contribution in [-0.2, 0) is 11.8 Å². The molecule has 0 aliphatic heterocycles. The molecule has 0 aliphatic rings. The summed E-state index contributed by atoms with van der Waals surface area (Å²) in [5.74, 6) is 0.561. The minimum Gasteiger partial charge on any atom is -0.497 e. The molecular formula is C20H24N6O4S2. The number of aliphatic hydroxyl groups is 1. The highest BCUT2D eigenvalue weighted by atomic mass is 32.2. The van der Waals surface area contributed by atoms with Gasteiger partial charge in [0.25, 0.3) is 5.91 Å². The highest BCUT2D eigenvalue weighted by Crippen LogP contribution is 2.23. The second-order valence-electron chi connectivity index (χ2n) is 6.83. The number of aliphatic hydroxyl groups excluding tert-OH is 1. The lowest BCUT2D eigenvalue weighted by Gasteiger charge is -2.16. The number of hydrogen-bond acceptors (Lipinski definition) is 9. The number of thiazole rings is 1. The summed E-state index contributed by atoms with van der Waals surface area (Å²) >= 11 is 2.62. The van der Waals surface area contributed by atoms with E-state index in [2.05, 4.69) is 25.8 Å². The van der Waals surface area contributed by atoms with E-state index in [1.54, 1.807) is 43.0 Å². The first-order chi connectivity index (χ1) is 15.3. The number of amides is 2. The molecule has 0 saturated carbocycles. The number of rotatable bonds is 9. The molecule has 12 heteroatoms. The zero-order valence-corrected chi connectivity index (χ0v) is 19.7. The highest BCUT2D eigenvalue weighted by Gasteiger charge is 2.22. The molecule has 0 bridgehead atoms. The number of thioether (sulfide) groups is 1. The van der Waals surface area contributed by atoms with E-state index in [-0.39, 0.29) is 24.2 Å². The molecular weight excluding hydrogens is 452 g/mol. The lowest BCUT2D eigenvalue weighted by molar-refractivity contribution is -0.113. The van der Waals surface area contributed by atoms with Gasteiger partial charge in [0.2, 0.25) is 5.91 Å². The number of anilines is 1. The topological polar surface area (TPSA) is 131 Å². The summed E-state index contributed by atoms with van der Waals surface area (Å²) in [6.07, 6.45) is 0. The molecule has 3 N–H and O–H groups in total. The number of carbonyl (C=O) groups is 2. The Bertz CT molecular complexity index is 1080. The molecule has 3 aromatic rings. The van der Waals surface area contributed by atoms with E-state index in [1.807, 2.05) is 13.8 Å². The maximum atomic E-state index is 12.5. The fraction of sp³-hybridized carbons (Fsp3) is 0.350. The summed E-state index contributed by atoms with van der Waals surface area (Å²) in [4.78, 5) is 30.1. The van der Waals surface area contributed by atoms with Gasteiger partial charge in [0.15, 0.2) is 16.1 Å². The number of methoxy groups -OCH3 is 1. The molecule has 170 valence electrons. The van der Waals surface area contributed by atoms with Gasteiger partial charge in [-0.2, -0.15) is 0 Å². The average Bonchev–Trinajstić information content (AvgIpc) is 3.31. The van der Waals surface area contributed by atoms with Crippen molar-refractivity contribution in [3.05, 3.63) is 46.2 Å². The molecule has 10 nitrogen and oxygen atoms in total. The van der Waals surface area contributed by atoms with Gasteiger partial charge in [0.1, 0.15) is 11.8 Å². The third-order valence-electron chi connectivity index (χ3n) is 4.63. The standard InChI is InChI=1S/C20H24N6O4S2/c1-11-12(2)32-19(21-11)23-16(28)10-31-20-25-24-17(26(20)3)15(9-27)22-18(29)13-5-7-14(30-4)8-6-13/h5-8,15,27H,9-10H2,1-4H3,(H,22,29)(H,21,23,28)/t15-/m0/s1. The Hall–Kier alpha value is -2.96. The molecule has 0 aliphatic carbocycles.